The van der Waals surface area contributed by atoms with Gasteiger partial charge in [-0.25, -0.2) is 0 Å². The number of primary amides is 1. The first-order valence-corrected chi connectivity index (χ1v) is 12.7. The number of ether oxygens (including phenoxy) is 2. The highest BCUT2D eigenvalue weighted by atomic mass is 19.4. The number of carbonyl (C=O) groups is 2. The number of likely N-dealkylation sites (tertiary alicyclic amines) is 1. The van der Waals surface area contributed by atoms with Gasteiger partial charge < -0.3 is 29.4 Å². The molecule has 2 saturated heterocycles. The van der Waals surface area contributed by atoms with Gasteiger partial charge in [0.05, 0.1) is 23.2 Å². The molecule has 2 amide bonds. The molecule has 2 aromatic carbocycles. The highest BCUT2D eigenvalue weighted by molar-refractivity contribution is 6.62. The van der Waals surface area contributed by atoms with E-state index in [4.69, 9.17) is 19.8 Å². The van der Waals surface area contributed by atoms with Crippen molar-refractivity contribution in [1.29, 1.82) is 0 Å². The average molecular weight is 548 g/mol. The summed E-state index contributed by atoms with van der Waals surface area (Å²) in [6.07, 6.45) is -3.85. The molecule has 0 aromatic heterocycles. The Morgan fingerprint density at radius 1 is 1.03 bits per heavy atom. The van der Waals surface area contributed by atoms with Crippen molar-refractivity contribution >= 4 is 24.4 Å². The molecule has 8 nitrogen and oxygen atoms in total. The molecule has 4 rings (SSSR count). The first kappa shape index (κ1) is 28.8. The fraction of sp³-hybridized carbons (Fsp3) is 0.481. The third kappa shape index (κ3) is 6.85. The fourth-order valence-corrected chi connectivity index (χ4v) is 4.47. The Morgan fingerprint density at radius 3 is 2.15 bits per heavy atom. The van der Waals surface area contributed by atoms with E-state index in [-0.39, 0.29) is 29.7 Å². The summed E-state index contributed by atoms with van der Waals surface area (Å²) < 4.78 is 59.1. The van der Waals surface area contributed by atoms with E-state index in [1.165, 1.54) is 24.3 Å². The first-order chi connectivity index (χ1) is 18.1. The normalized spacial score (nSPS) is 19.2. The van der Waals surface area contributed by atoms with Crippen LogP contribution in [0.25, 0.3) is 0 Å². The minimum Gasteiger partial charge on any atom is -0.489 e. The number of hydrogen-bond acceptors (Lipinski definition) is 6. The summed E-state index contributed by atoms with van der Waals surface area (Å²) in [5.74, 6) is -0.755. The molecular weight excluding hydrogens is 516 g/mol. The molecule has 2 N–H and O–H groups in total. The smallest absolute Gasteiger partial charge is 0.489 e. The van der Waals surface area contributed by atoms with Crippen LogP contribution >= 0.6 is 0 Å². The molecule has 2 fully saturated rings. The van der Waals surface area contributed by atoms with Crippen molar-refractivity contribution in [3.8, 4) is 11.5 Å². The molecule has 2 aromatic rings. The van der Waals surface area contributed by atoms with Gasteiger partial charge in [-0.15, -0.1) is 13.2 Å². The number of hydrogen-bond donors (Lipinski definition) is 1. The zero-order valence-corrected chi connectivity index (χ0v) is 22.3. The summed E-state index contributed by atoms with van der Waals surface area (Å²) in [5.41, 5.74) is 6.05. The van der Waals surface area contributed by atoms with Crippen molar-refractivity contribution in [2.45, 2.75) is 70.6 Å². The topological polar surface area (TPSA) is 100 Å². The number of benzene rings is 2. The number of alkyl halides is 3. The number of piperidine rings is 1. The van der Waals surface area contributed by atoms with E-state index < -0.39 is 30.6 Å². The van der Waals surface area contributed by atoms with Gasteiger partial charge >= 0.3 is 13.5 Å². The van der Waals surface area contributed by atoms with E-state index >= 15 is 0 Å². The van der Waals surface area contributed by atoms with E-state index in [1.54, 1.807) is 23.1 Å². The quantitative estimate of drug-likeness (QED) is 0.531. The summed E-state index contributed by atoms with van der Waals surface area (Å²) in [6.45, 7) is 8.66. The molecule has 2 aliphatic rings. The van der Waals surface area contributed by atoms with Crippen LogP contribution in [0.5, 0.6) is 11.5 Å². The number of nitrogens with two attached hydrogens (primary N) is 1. The standard InChI is InChI=1S/C27H32BF3N2O6/c1-25(2)26(3,4)39-28(38-25)18-7-10-22(21(16-18)24(32)35)36-19-11-13-33(14-12-19)23(34)15-17-5-8-20(9-6-17)37-27(29,30)31/h5-10,16,19H,11-15H2,1-4H3,(H2,32,35). The molecule has 2 aliphatic heterocycles. The summed E-state index contributed by atoms with van der Waals surface area (Å²) >= 11 is 0. The van der Waals surface area contributed by atoms with Gasteiger partial charge in [0.25, 0.3) is 5.91 Å². The Bertz CT molecular complexity index is 1190. The van der Waals surface area contributed by atoms with Crippen LogP contribution in [0.4, 0.5) is 13.2 Å². The van der Waals surface area contributed by atoms with Gasteiger partial charge in [0.1, 0.15) is 17.6 Å². The van der Waals surface area contributed by atoms with E-state index in [2.05, 4.69) is 4.74 Å². The van der Waals surface area contributed by atoms with Crippen LogP contribution in [0.2, 0.25) is 0 Å². The molecule has 0 unspecified atom stereocenters. The molecule has 12 heteroatoms. The summed E-state index contributed by atoms with van der Waals surface area (Å²) in [4.78, 5) is 26.7. The first-order valence-electron chi connectivity index (χ1n) is 12.7. The van der Waals surface area contributed by atoms with Crippen LogP contribution in [0.3, 0.4) is 0 Å². The fourth-order valence-electron chi connectivity index (χ4n) is 4.47. The Labute approximate surface area is 225 Å². The third-order valence-corrected chi connectivity index (χ3v) is 7.40. The van der Waals surface area contributed by atoms with Crippen LogP contribution in [0.1, 0.15) is 56.5 Å². The molecule has 0 radical (unpaired) electrons. The molecule has 0 atom stereocenters. The highest BCUT2D eigenvalue weighted by Crippen LogP contribution is 2.37. The van der Waals surface area contributed by atoms with Crippen molar-refractivity contribution < 1.29 is 41.5 Å². The van der Waals surface area contributed by atoms with Gasteiger partial charge in [0, 0.05) is 25.9 Å². The molecule has 2 heterocycles. The van der Waals surface area contributed by atoms with Gasteiger partial charge in [0.15, 0.2) is 0 Å². The van der Waals surface area contributed by atoms with Crippen molar-refractivity contribution in [3.63, 3.8) is 0 Å². The van der Waals surface area contributed by atoms with Crippen LogP contribution in [-0.4, -0.2) is 60.6 Å². The van der Waals surface area contributed by atoms with Crippen molar-refractivity contribution in [1.82, 2.24) is 4.90 Å². The van der Waals surface area contributed by atoms with E-state index in [9.17, 15) is 22.8 Å². The van der Waals surface area contributed by atoms with Crippen LogP contribution < -0.4 is 20.7 Å². The Kier molecular flexibility index (Phi) is 7.91. The maximum absolute atomic E-state index is 12.7. The van der Waals surface area contributed by atoms with Crippen LogP contribution in [-0.2, 0) is 20.5 Å². The molecule has 39 heavy (non-hydrogen) atoms. The lowest BCUT2D eigenvalue weighted by atomic mass is 9.78. The SMILES string of the molecule is CC1(C)OB(c2ccc(OC3CCN(C(=O)Cc4ccc(OC(F)(F)F)cc4)CC3)c(C(N)=O)c2)OC1(C)C. The van der Waals surface area contributed by atoms with Gasteiger partial charge in [-0.05, 0) is 63.0 Å². The van der Waals surface area contributed by atoms with E-state index in [0.717, 1.165) is 0 Å². The van der Waals surface area contributed by atoms with Gasteiger partial charge in [0.2, 0.25) is 5.91 Å². The zero-order valence-electron chi connectivity index (χ0n) is 22.3. The minimum atomic E-state index is -4.77. The van der Waals surface area contributed by atoms with Gasteiger partial charge in [-0.3, -0.25) is 9.59 Å². The predicted octanol–water partition coefficient (Wildman–Crippen LogP) is 3.60. The molecule has 0 spiro atoms. The maximum Gasteiger partial charge on any atom is 0.573 e. The van der Waals surface area contributed by atoms with Crippen molar-refractivity contribution in [3.05, 3.63) is 53.6 Å². The van der Waals surface area contributed by atoms with Gasteiger partial charge in [-0.2, -0.15) is 0 Å². The number of carbonyl (C=O) groups excluding carboxylic acids is 2. The van der Waals surface area contributed by atoms with Crippen LogP contribution in [0.15, 0.2) is 42.5 Å². The molecule has 0 saturated carbocycles. The lowest BCUT2D eigenvalue weighted by Crippen LogP contribution is -2.42. The second-order valence-corrected chi connectivity index (χ2v) is 10.8. The number of rotatable bonds is 7. The third-order valence-electron chi connectivity index (χ3n) is 7.40. The Morgan fingerprint density at radius 2 is 1.62 bits per heavy atom. The van der Waals surface area contributed by atoms with Crippen molar-refractivity contribution in [2.24, 2.45) is 5.73 Å². The van der Waals surface area contributed by atoms with Crippen LogP contribution in [0, 0.1) is 0 Å². The molecule has 210 valence electrons. The summed E-state index contributed by atoms with van der Waals surface area (Å²) in [7, 11) is -0.648. The van der Waals surface area contributed by atoms with E-state index in [0.29, 0.717) is 42.7 Å². The molecular formula is C27H32BF3N2O6. The maximum atomic E-state index is 12.7. The molecule has 0 aliphatic carbocycles. The lowest BCUT2D eigenvalue weighted by Gasteiger charge is -2.32. The highest BCUT2D eigenvalue weighted by Gasteiger charge is 2.51. The number of nitrogens with zero attached hydrogens (tertiary/aromatic N) is 1. The summed E-state index contributed by atoms with van der Waals surface area (Å²) in [5, 5.41) is 0. The number of halogens is 3. The average Bonchev–Trinajstić information content (AvgIpc) is 3.06. The van der Waals surface area contributed by atoms with Gasteiger partial charge in [-0.1, -0.05) is 18.2 Å². The zero-order chi connectivity index (χ0) is 28.6. The Balaban J connectivity index is 1.33. The second-order valence-electron chi connectivity index (χ2n) is 10.8. The van der Waals surface area contributed by atoms with Crippen molar-refractivity contribution in [2.75, 3.05) is 13.1 Å². The predicted molar refractivity (Wildman–Crippen MR) is 138 cm³/mol. The number of amides is 2. The second kappa shape index (κ2) is 10.7. The largest absolute Gasteiger partial charge is 0.573 e. The monoisotopic (exact) mass is 548 g/mol. The Hall–Kier alpha value is -3.25. The summed E-state index contributed by atoms with van der Waals surface area (Å²) in [6, 6.07) is 10.3. The molecule has 0 bridgehead atoms. The lowest BCUT2D eigenvalue weighted by molar-refractivity contribution is -0.274. The van der Waals surface area contributed by atoms with E-state index in [1.807, 2.05) is 27.7 Å². The minimum absolute atomic E-state index is 0.0596.